The summed E-state index contributed by atoms with van der Waals surface area (Å²) in [7, 11) is 3.88. The van der Waals surface area contributed by atoms with Gasteiger partial charge in [0.15, 0.2) is 12.5 Å². The zero-order chi connectivity index (χ0) is 19.4. The molecule has 1 aromatic heterocycles. The first-order valence-corrected chi connectivity index (χ1v) is 9.28. The lowest BCUT2D eigenvalue weighted by Crippen LogP contribution is -3.07. The van der Waals surface area contributed by atoms with Crippen LogP contribution in [0.15, 0.2) is 48.5 Å². The van der Waals surface area contributed by atoms with Crippen LogP contribution in [-0.2, 0) is 26.9 Å². The molecule has 5 nitrogen and oxygen atoms in total. The quantitative estimate of drug-likeness (QED) is 0.612. The fraction of sp³-hybridized carbons (Fsp3) is 0.263. The summed E-state index contributed by atoms with van der Waals surface area (Å²) in [5.41, 5.74) is 0.928. The van der Waals surface area contributed by atoms with Gasteiger partial charge in [-0.3, -0.25) is 0 Å². The number of benzene rings is 2. The van der Waals surface area contributed by atoms with Crippen LogP contribution >= 0.6 is 23.8 Å². The third-order valence-electron chi connectivity index (χ3n) is 4.14. The van der Waals surface area contributed by atoms with E-state index >= 15 is 0 Å². The van der Waals surface area contributed by atoms with Crippen molar-refractivity contribution in [2.24, 2.45) is 7.05 Å². The zero-order valence-corrected chi connectivity index (χ0v) is 16.7. The maximum absolute atomic E-state index is 13.3. The van der Waals surface area contributed by atoms with Gasteiger partial charge in [-0.2, -0.15) is 4.68 Å². The van der Waals surface area contributed by atoms with Crippen LogP contribution in [0.5, 0.6) is 5.75 Å². The summed E-state index contributed by atoms with van der Waals surface area (Å²) in [5.74, 6) is 1.08. The number of ether oxygens (including phenoxy) is 1. The van der Waals surface area contributed by atoms with Gasteiger partial charge in [0.1, 0.15) is 24.7 Å². The zero-order valence-electron chi connectivity index (χ0n) is 15.2. The molecule has 8 heteroatoms. The Bertz CT molecular complexity index is 988. The number of aromatic nitrogens is 3. The lowest BCUT2D eigenvalue weighted by molar-refractivity contribution is -0.917. The number of quaternary nitrogens is 1. The summed E-state index contributed by atoms with van der Waals surface area (Å²) in [6.45, 7) is 1.50. The van der Waals surface area contributed by atoms with Crippen LogP contribution in [0.2, 0.25) is 5.02 Å². The number of para-hydroxylation sites is 1. The molecule has 3 rings (SSSR count). The van der Waals surface area contributed by atoms with Crippen molar-refractivity contribution in [3.8, 4) is 5.75 Å². The Morgan fingerprint density at radius 2 is 2.00 bits per heavy atom. The van der Waals surface area contributed by atoms with Crippen LogP contribution in [0.1, 0.15) is 11.4 Å². The molecule has 3 aromatic rings. The number of hydrogen-bond acceptors (Lipinski definition) is 3. The molecule has 2 aromatic carbocycles. The summed E-state index contributed by atoms with van der Waals surface area (Å²) >= 11 is 11.6. The van der Waals surface area contributed by atoms with Gasteiger partial charge in [-0.1, -0.05) is 35.9 Å². The second-order valence-corrected chi connectivity index (χ2v) is 7.17. The van der Waals surface area contributed by atoms with Crippen molar-refractivity contribution in [3.05, 3.63) is 75.5 Å². The van der Waals surface area contributed by atoms with Crippen molar-refractivity contribution in [1.29, 1.82) is 0 Å². The Balaban J connectivity index is 1.67. The fourth-order valence-electron chi connectivity index (χ4n) is 2.77. The summed E-state index contributed by atoms with van der Waals surface area (Å²) in [4.78, 5) is 1.13. The minimum absolute atomic E-state index is 0.228. The van der Waals surface area contributed by atoms with E-state index in [0.29, 0.717) is 34.6 Å². The van der Waals surface area contributed by atoms with Gasteiger partial charge in [0, 0.05) is 12.6 Å². The maximum atomic E-state index is 13.3. The molecule has 0 amide bonds. The molecule has 0 fully saturated rings. The van der Waals surface area contributed by atoms with Gasteiger partial charge >= 0.3 is 0 Å². The van der Waals surface area contributed by atoms with Gasteiger partial charge in [-0.15, -0.1) is 5.10 Å². The first-order valence-electron chi connectivity index (χ1n) is 8.50. The van der Waals surface area contributed by atoms with E-state index in [4.69, 9.17) is 28.6 Å². The molecule has 0 saturated carbocycles. The Labute approximate surface area is 167 Å². The molecule has 1 unspecified atom stereocenters. The van der Waals surface area contributed by atoms with E-state index < -0.39 is 0 Å². The first-order chi connectivity index (χ1) is 12.9. The largest absolute Gasteiger partial charge is 0.484 e. The first kappa shape index (κ1) is 19.5. The average Bonchev–Trinajstić information content (AvgIpc) is 2.89. The average molecular weight is 408 g/mol. The highest BCUT2D eigenvalue weighted by Crippen LogP contribution is 2.23. The monoisotopic (exact) mass is 407 g/mol. The van der Waals surface area contributed by atoms with Crippen LogP contribution in [0, 0.1) is 10.6 Å². The molecule has 0 aliphatic carbocycles. The summed E-state index contributed by atoms with van der Waals surface area (Å²) in [5, 5.41) is 5.12. The van der Waals surface area contributed by atoms with E-state index in [9.17, 15) is 4.39 Å². The van der Waals surface area contributed by atoms with Gasteiger partial charge in [-0.25, -0.2) is 4.39 Å². The van der Waals surface area contributed by atoms with E-state index in [-0.39, 0.29) is 12.4 Å². The highest BCUT2D eigenvalue weighted by molar-refractivity contribution is 7.71. The van der Waals surface area contributed by atoms with E-state index in [1.54, 1.807) is 22.9 Å². The number of hydrogen-bond donors (Lipinski definition) is 1. The molecule has 0 aliphatic rings. The third kappa shape index (κ3) is 4.94. The Hall–Kier alpha value is -2.22. The molecule has 1 N–H and O–H groups in total. The molecule has 0 bridgehead atoms. The Morgan fingerprint density at radius 1 is 1.22 bits per heavy atom. The predicted molar refractivity (Wildman–Crippen MR) is 105 cm³/mol. The third-order valence-corrected chi connectivity index (χ3v) is 4.94. The van der Waals surface area contributed by atoms with Crippen molar-refractivity contribution in [2.45, 2.75) is 19.8 Å². The van der Waals surface area contributed by atoms with Crippen LogP contribution in [0.4, 0.5) is 4.39 Å². The van der Waals surface area contributed by atoms with Crippen LogP contribution < -0.4 is 9.64 Å². The number of halogens is 2. The summed E-state index contributed by atoms with van der Waals surface area (Å²) in [6.07, 6.45) is 0. The minimum atomic E-state index is -0.228. The SMILES string of the molecule is Cn1c(COc2ccccc2Cl)nn(C[NH+](C)Cc2cccc(F)c2)c1=S. The molecule has 1 atom stereocenters. The van der Waals surface area contributed by atoms with Crippen LogP contribution in [-0.4, -0.2) is 21.4 Å². The highest BCUT2D eigenvalue weighted by Gasteiger charge is 2.13. The van der Waals surface area contributed by atoms with E-state index in [0.717, 1.165) is 10.5 Å². The summed E-state index contributed by atoms with van der Waals surface area (Å²) < 4.78 is 23.3. The molecular formula is C19H21ClFN4OS+. The number of nitrogens with zero attached hydrogens (tertiary/aromatic N) is 3. The second kappa shape index (κ2) is 8.65. The lowest BCUT2D eigenvalue weighted by atomic mass is 10.2. The normalized spacial score (nSPS) is 12.1. The predicted octanol–water partition coefficient (Wildman–Crippen LogP) is 2.99. The standard InChI is InChI=1S/C19H20ClFN4OS/c1-23(11-14-6-5-7-15(21)10-14)13-25-19(27)24(2)18(22-25)12-26-17-9-4-3-8-16(17)20/h3-10H,11-13H2,1-2H3/p+1. The summed E-state index contributed by atoms with van der Waals surface area (Å²) in [6, 6.07) is 13.9. The van der Waals surface area contributed by atoms with E-state index in [1.807, 2.05) is 42.9 Å². The van der Waals surface area contributed by atoms with Crippen LogP contribution in [0.25, 0.3) is 0 Å². The Morgan fingerprint density at radius 3 is 2.74 bits per heavy atom. The van der Waals surface area contributed by atoms with E-state index in [1.165, 1.54) is 6.07 Å². The van der Waals surface area contributed by atoms with Crippen molar-refractivity contribution >= 4 is 23.8 Å². The number of nitrogens with one attached hydrogen (secondary N) is 1. The maximum Gasteiger partial charge on any atom is 0.202 e. The van der Waals surface area contributed by atoms with Gasteiger partial charge in [0.2, 0.25) is 4.77 Å². The molecule has 27 heavy (non-hydrogen) atoms. The lowest BCUT2D eigenvalue weighted by Gasteiger charge is -2.13. The van der Waals surface area contributed by atoms with Crippen molar-refractivity contribution < 1.29 is 14.0 Å². The van der Waals surface area contributed by atoms with E-state index in [2.05, 4.69) is 5.10 Å². The number of rotatable bonds is 7. The fourth-order valence-corrected chi connectivity index (χ4v) is 3.17. The highest BCUT2D eigenvalue weighted by atomic mass is 35.5. The van der Waals surface area contributed by atoms with Gasteiger partial charge in [-0.05, 0) is 36.5 Å². The van der Waals surface area contributed by atoms with Crippen molar-refractivity contribution in [3.63, 3.8) is 0 Å². The molecule has 142 valence electrons. The van der Waals surface area contributed by atoms with Crippen molar-refractivity contribution in [1.82, 2.24) is 14.3 Å². The van der Waals surface area contributed by atoms with Crippen LogP contribution in [0.3, 0.4) is 0 Å². The molecule has 1 heterocycles. The van der Waals surface area contributed by atoms with Gasteiger partial charge in [0.25, 0.3) is 0 Å². The van der Waals surface area contributed by atoms with Gasteiger partial charge in [0.05, 0.1) is 12.1 Å². The van der Waals surface area contributed by atoms with Gasteiger partial charge < -0.3 is 14.2 Å². The van der Waals surface area contributed by atoms with Crippen molar-refractivity contribution in [2.75, 3.05) is 7.05 Å². The second-order valence-electron chi connectivity index (χ2n) is 6.40. The molecular weight excluding hydrogens is 387 g/mol. The molecule has 0 radical (unpaired) electrons. The topological polar surface area (TPSA) is 36.4 Å². The minimum Gasteiger partial charge on any atom is -0.484 e. The molecule has 0 saturated heterocycles. The molecule has 0 spiro atoms. The smallest absolute Gasteiger partial charge is 0.202 e. The Kier molecular flexibility index (Phi) is 6.26. The molecule has 0 aliphatic heterocycles.